The molecule has 3 fully saturated rings. The van der Waals surface area contributed by atoms with Crippen molar-refractivity contribution >= 4 is 58.2 Å². The number of nitrogens with zero attached hydrogens (tertiary/aromatic N) is 2. The highest BCUT2D eigenvalue weighted by molar-refractivity contribution is 7.09. The van der Waals surface area contributed by atoms with E-state index in [9.17, 15) is 24.3 Å². The van der Waals surface area contributed by atoms with E-state index in [4.69, 9.17) is 23.2 Å². The lowest BCUT2D eigenvalue weighted by Crippen LogP contribution is -2.60. The second kappa shape index (κ2) is 8.41. The van der Waals surface area contributed by atoms with Crippen molar-refractivity contribution in [3.8, 4) is 5.75 Å². The zero-order valence-electron chi connectivity index (χ0n) is 21.0. The summed E-state index contributed by atoms with van der Waals surface area (Å²) in [5.74, 6) is -4.22. The number of thiophene rings is 1. The number of alkyl halides is 2. The highest BCUT2D eigenvalue weighted by Gasteiger charge is 2.75. The second-order valence-corrected chi connectivity index (χ2v) is 13.1. The molecule has 6 unspecified atom stereocenters. The Kier molecular flexibility index (Phi) is 5.66. The quantitative estimate of drug-likeness (QED) is 0.337. The highest BCUT2D eigenvalue weighted by Crippen LogP contribution is 2.65. The first-order chi connectivity index (χ1) is 17.9. The standard InChI is InChI=1S/C28H26Cl2N2O5S/c1-13-9-15(10-14(2)22(13)33)21-17-6-7-18-20(24(35)32(23(18)34)12-16-5-4-8-38-16)19(17)11-27(29)25(36)31(3)26(37)28(21,27)30/h4-6,8-10,18-21,33H,7,11-12H2,1-3H3. The molecule has 1 aromatic carbocycles. The number of carbonyl (C=O) groups is 4. The maximum absolute atomic E-state index is 13.8. The van der Waals surface area contributed by atoms with Crippen molar-refractivity contribution in [3.63, 3.8) is 0 Å². The lowest BCUT2D eigenvalue weighted by atomic mass is 9.56. The average Bonchev–Trinajstić information content (AvgIpc) is 3.51. The Morgan fingerprint density at radius 2 is 1.74 bits per heavy atom. The fourth-order valence-corrected chi connectivity index (χ4v) is 8.77. The molecule has 4 amide bonds. The van der Waals surface area contributed by atoms with Crippen LogP contribution in [0.5, 0.6) is 5.75 Å². The molecule has 198 valence electrons. The molecule has 4 aliphatic rings. The van der Waals surface area contributed by atoms with Crippen molar-refractivity contribution in [2.24, 2.45) is 17.8 Å². The molecule has 3 heterocycles. The number of phenolic OH excluding ortho intramolecular Hbond substituents is 1. The SMILES string of the molecule is Cc1cc(C2C3=CCC4C(=O)N(Cc5cccs5)C(=O)C4C3CC3(Cl)C(=O)N(C)C(=O)C23Cl)cc(C)c1O. The summed E-state index contributed by atoms with van der Waals surface area (Å²) >= 11 is 15.8. The Bertz CT molecular complexity index is 1430. The van der Waals surface area contributed by atoms with Crippen molar-refractivity contribution in [1.82, 2.24) is 9.80 Å². The molecule has 38 heavy (non-hydrogen) atoms. The van der Waals surface area contributed by atoms with Crippen molar-refractivity contribution in [1.29, 1.82) is 0 Å². The fraction of sp³-hybridized carbons (Fsp3) is 0.429. The van der Waals surface area contributed by atoms with Gasteiger partial charge in [-0.1, -0.05) is 29.8 Å². The number of allylic oxidation sites excluding steroid dienone is 2. The molecule has 0 spiro atoms. The van der Waals surface area contributed by atoms with Crippen LogP contribution >= 0.6 is 34.5 Å². The molecule has 1 aromatic heterocycles. The Morgan fingerprint density at radius 3 is 2.37 bits per heavy atom. The van der Waals surface area contributed by atoms with Gasteiger partial charge in [-0.15, -0.1) is 34.5 Å². The first-order valence-corrected chi connectivity index (χ1v) is 14.1. The number of hydrogen-bond acceptors (Lipinski definition) is 6. The van der Waals surface area contributed by atoms with E-state index < -0.39 is 45.2 Å². The van der Waals surface area contributed by atoms with Gasteiger partial charge in [-0.25, -0.2) is 0 Å². The third-order valence-corrected chi connectivity index (χ3v) is 11.1. The van der Waals surface area contributed by atoms with Gasteiger partial charge in [0.1, 0.15) is 5.75 Å². The minimum Gasteiger partial charge on any atom is -0.507 e. The van der Waals surface area contributed by atoms with Crippen molar-refractivity contribution < 1.29 is 24.3 Å². The normalized spacial score (nSPS) is 34.4. The lowest BCUT2D eigenvalue weighted by molar-refractivity contribution is -0.141. The number of halogens is 2. The average molecular weight is 573 g/mol. The zero-order chi connectivity index (χ0) is 27.3. The van der Waals surface area contributed by atoms with Crippen LogP contribution in [-0.2, 0) is 25.7 Å². The summed E-state index contributed by atoms with van der Waals surface area (Å²) in [4.78, 5) is 54.0. The number of amides is 4. The molecular formula is C28H26Cl2N2O5S. The number of fused-ring (bicyclic) bond motifs is 4. The fourth-order valence-electron chi connectivity index (χ4n) is 7.05. The summed E-state index contributed by atoms with van der Waals surface area (Å²) in [7, 11) is 1.37. The largest absolute Gasteiger partial charge is 0.507 e. The van der Waals surface area contributed by atoms with Gasteiger partial charge in [0, 0.05) is 17.8 Å². The minimum atomic E-state index is -1.83. The van der Waals surface area contributed by atoms with Crippen LogP contribution in [0.3, 0.4) is 0 Å². The van der Waals surface area contributed by atoms with E-state index >= 15 is 0 Å². The van der Waals surface area contributed by atoms with E-state index in [0.717, 1.165) is 15.4 Å². The number of hydrogen-bond donors (Lipinski definition) is 1. The molecular weight excluding hydrogens is 547 g/mol. The maximum atomic E-state index is 13.8. The van der Waals surface area contributed by atoms with Gasteiger partial charge in [0.05, 0.1) is 18.4 Å². The summed E-state index contributed by atoms with van der Waals surface area (Å²) < 4.78 is 0. The van der Waals surface area contributed by atoms with Crippen LogP contribution < -0.4 is 0 Å². The van der Waals surface area contributed by atoms with Crippen molar-refractivity contribution in [3.05, 3.63) is 62.9 Å². The minimum absolute atomic E-state index is 0.0294. The second-order valence-electron chi connectivity index (χ2n) is 10.8. The van der Waals surface area contributed by atoms with Crippen LogP contribution in [-0.4, -0.2) is 55.3 Å². The maximum Gasteiger partial charge on any atom is 0.253 e. The zero-order valence-corrected chi connectivity index (χ0v) is 23.4. The summed E-state index contributed by atoms with van der Waals surface area (Å²) in [5, 5.41) is 12.3. The number of likely N-dealkylation sites (tertiary alicyclic amines) is 2. The first kappa shape index (κ1) is 25.6. The summed E-state index contributed by atoms with van der Waals surface area (Å²) in [5.41, 5.74) is 2.57. The van der Waals surface area contributed by atoms with E-state index in [1.54, 1.807) is 26.0 Å². The summed E-state index contributed by atoms with van der Waals surface area (Å²) in [6.45, 7) is 3.71. The van der Waals surface area contributed by atoms with E-state index in [1.807, 2.05) is 23.6 Å². The van der Waals surface area contributed by atoms with Gasteiger partial charge in [-0.2, -0.15) is 0 Å². The van der Waals surface area contributed by atoms with Crippen LogP contribution in [0.15, 0.2) is 41.3 Å². The Balaban J connectivity index is 1.51. The molecule has 2 aromatic rings. The van der Waals surface area contributed by atoms with E-state index in [0.29, 0.717) is 23.1 Å². The molecule has 6 atom stereocenters. The van der Waals surface area contributed by atoms with E-state index in [1.165, 1.54) is 23.3 Å². The van der Waals surface area contributed by atoms with E-state index in [-0.39, 0.29) is 30.5 Å². The van der Waals surface area contributed by atoms with Crippen LogP contribution in [0.2, 0.25) is 0 Å². The molecule has 6 rings (SSSR count). The Labute approximate surface area is 234 Å². The molecule has 7 nitrogen and oxygen atoms in total. The molecule has 2 saturated heterocycles. The monoisotopic (exact) mass is 572 g/mol. The number of benzene rings is 1. The molecule has 1 saturated carbocycles. The van der Waals surface area contributed by atoms with Gasteiger partial charge in [0.15, 0.2) is 9.75 Å². The number of phenols is 1. The van der Waals surface area contributed by atoms with Gasteiger partial charge in [-0.3, -0.25) is 29.0 Å². The van der Waals surface area contributed by atoms with Gasteiger partial charge in [0.25, 0.3) is 11.8 Å². The van der Waals surface area contributed by atoms with Crippen LogP contribution in [0.25, 0.3) is 0 Å². The molecule has 10 heteroatoms. The summed E-state index contributed by atoms with van der Waals surface area (Å²) in [6, 6.07) is 7.27. The third-order valence-electron chi connectivity index (χ3n) is 8.85. The Hall–Kier alpha value is -2.68. The molecule has 2 aliphatic heterocycles. The number of imide groups is 2. The number of aromatic hydroxyl groups is 1. The van der Waals surface area contributed by atoms with Gasteiger partial charge in [0.2, 0.25) is 11.8 Å². The number of carbonyl (C=O) groups excluding carboxylic acids is 4. The van der Waals surface area contributed by atoms with Gasteiger partial charge >= 0.3 is 0 Å². The lowest BCUT2D eigenvalue weighted by Gasteiger charge is -2.51. The number of aryl methyl sites for hydroxylation is 2. The van der Waals surface area contributed by atoms with Crippen LogP contribution in [0.4, 0.5) is 0 Å². The molecule has 0 radical (unpaired) electrons. The molecule has 0 bridgehead atoms. The number of rotatable bonds is 3. The Morgan fingerprint density at radius 1 is 1.05 bits per heavy atom. The summed E-state index contributed by atoms with van der Waals surface area (Å²) in [6.07, 6.45) is 2.22. The van der Waals surface area contributed by atoms with Crippen molar-refractivity contribution in [2.75, 3.05) is 7.05 Å². The van der Waals surface area contributed by atoms with Crippen LogP contribution in [0.1, 0.15) is 40.3 Å². The first-order valence-electron chi connectivity index (χ1n) is 12.5. The third kappa shape index (κ3) is 3.14. The van der Waals surface area contributed by atoms with Gasteiger partial charge < -0.3 is 5.11 Å². The predicted octanol–water partition coefficient (Wildman–Crippen LogP) is 4.26. The van der Waals surface area contributed by atoms with Gasteiger partial charge in [-0.05, 0) is 60.7 Å². The smallest absolute Gasteiger partial charge is 0.253 e. The highest BCUT2D eigenvalue weighted by atomic mass is 35.5. The molecule has 2 aliphatic carbocycles. The molecule has 1 N–H and O–H groups in total. The predicted molar refractivity (Wildman–Crippen MR) is 143 cm³/mol. The van der Waals surface area contributed by atoms with Crippen LogP contribution in [0, 0.1) is 31.6 Å². The van der Waals surface area contributed by atoms with Crippen molar-refractivity contribution in [2.45, 2.75) is 48.9 Å². The topological polar surface area (TPSA) is 95.0 Å². The van der Waals surface area contributed by atoms with E-state index in [2.05, 4.69) is 0 Å².